The molecular weight excluding hydrogens is 368 g/mol. The number of hydrogen-bond acceptors (Lipinski definition) is 8. The van der Waals surface area contributed by atoms with E-state index in [-0.39, 0.29) is 0 Å². The Morgan fingerprint density at radius 1 is 1.07 bits per heavy atom. The number of benzene rings is 2. The summed E-state index contributed by atoms with van der Waals surface area (Å²) in [5.74, 6) is 2.72. The van der Waals surface area contributed by atoms with Gasteiger partial charge in [-0.3, -0.25) is 4.79 Å². The first-order chi connectivity index (χ1) is 13.2. The second kappa shape index (κ2) is 9.09. The number of hydrogen-bond donors (Lipinski definition) is 0. The van der Waals surface area contributed by atoms with Gasteiger partial charge in [0.15, 0.2) is 17.8 Å². The molecule has 0 N–H and O–H groups in total. The minimum atomic E-state index is 0.353. The van der Waals surface area contributed by atoms with Crippen LogP contribution >= 0.6 is 11.8 Å². The van der Waals surface area contributed by atoms with Crippen LogP contribution in [0.5, 0.6) is 17.2 Å². The van der Waals surface area contributed by atoms with Gasteiger partial charge in [-0.15, -0.1) is 10.2 Å². The molecule has 0 fully saturated rings. The summed E-state index contributed by atoms with van der Waals surface area (Å²) < 4.78 is 21.7. The van der Waals surface area contributed by atoms with Crippen molar-refractivity contribution >= 4 is 18.0 Å². The fourth-order valence-electron chi connectivity index (χ4n) is 2.33. The third kappa shape index (κ3) is 4.59. The predicted molar refractivity (Wildman–Crippen MR) is 101 cm³/mol. The van der Waals surface area contributed by atoms with Crippen molar-refractivity contribution in [3.63, 3.8) is 0 Å². The monoisotopic (exact) mass is 386 g/mol. The van der Waals surface area contributed by atoms with Crippen LogP contribution in [0.25, 0.3) is 11.5 Å². The van der Waals surface area contributed by atoms with Crippen molar-refractivity contribution in [2.24, 2.45) is 0 Å². The van der Waals surface area contributed by atoms with Crippen LogP contribution in [-0.2, 0) is 0 Å². The number of methoxy groups -OCH3 is 2. The Hall–Kier alpha value is -3.00. The maximum atomic E-state index is 11.1. The van der Waals surface area contributed by atoms with Gasteiger partial charge in [0.25, 0.3) is 5.22 Å². The average molecular weight is 386 g/mol. The van der Waals surface area contributed by atoms with Crippen molar-refractivity contribution in [2.75, 3.05) is 26.6 Å². The minimum absolute atomic E-state index is 0.353. The Morgan fingerprint density at radius 2 is 1.89 bits per heavy atom. The van der Waals surface area contributed by atoms with Crippen molar-refractivity contribution in [1.29, 1.82) is 0 Å². The van der Waals surface area contributed by atoms with E-state index < -0.39 is 0 Å². The number of thioether (sulfide) groups is 1. The summed E-state index contributed by atoms with van der Waals surface area (Å²) in [4.78, 5) is 11.1. The van der Waals surface area contributed by atoms with E-state index in [9.17, 15) is 4.79 Å². The van der Waals surface area contributed by atoms with Gasteiger partial charge in [0.2, 0.25) is 5.89 Å². The number of rotatable bonds is 9. The number of para-hydroxylation sites is 1. The van der Waals surface area contributed by atoms with Gasteiger partial charge in [-0.05, 0) is 36.4 Å². The van der Waals surface area contributed by atoms with Crippen LogP contribution in [0.15, 0.2) is 52.1 Å². The normalized spacial score (nSPS) is 10.4. The molecule has 8 heteroatoms. The Bertz CT molecular complexity index is 895. The number of carbonyl (C=O) groups excluding carboxylic acids is 1. The molecule has 0 radical (unpaired) electrons. The largest absolute Gasteiger partial charge is 0.497 e. The van der Waals surface area contributed by atoms with E-state index in [1.807, 2.05) is 24.3 Å². The zero-order valence-corrected chi connectivity index (χ0v) is 15.7. The summed E-state index contributed by atoms with van der Waals surface area (Å²) >= 11 is 1.37. The van der Waals surface area contributed by atoms with Crippen LogP contribution in [0.3, 0.4) is 0 Å². The van der Waals surface area contributed by atoms with Crippen molar-refractivity contribution in [2.45, 2.75) is 5.22 Å². The quantitative estimate of drug-likeness (QED) is 0.312. The molecular formula is C19H18N2O5S. The van der Waals surface area contributed by atoms with E-state index in [1.54, 1.807) is 25.3 Å². The molecule has 0 unspecified atom stereocenters. The molecule has 0 amide bonds. The topological polar surface area (TPSA) is 83.7 Å². The highest BCUT2D eigenvalue weighted by atomic mass is 32.2. The van der Waals surface area contributed by atoms with Gasteiger partial charge in [-0.1, -0.05) is 17.8 Å². The van der Waals surface area contributed by atoms with E-state index >= 15 is 0 Å². The second-order valence-corrected chi connectivity index (χ2v) is 6.34. The molecule has 1 heterocycles. The third-order valence-corrected chi connectivity index (χ3v) is 4.44. The number of nitrogens with zero attached hydrogens (tertiary/aromatic N) is 2. The Balaban J connectivity index is 1.56. The number of ether oxygens (including phenoxy) is 3. The van der Waals surface area contributed by atoms with Crippen molar-refractivity contribution in [1.82, 2.24) is 10.2 Å². The van der Waals surface area contributed by atoms with Gasteiger partial charge in [-0.25, -0.2) is 0 Å². The first kappa shape index (κ1) is 18.8. The predicted octanol–water partition coefficient (Wildman–Crippen LogP) is 3.74. The molecule has 0 saturated carbocycles. The Kier molecular flexibility index (Phi) is 6.32. The van der Waals surface area contributed by atoms with Crippen LogP contribution in [0.2, 0.25) is 0 Å². The van der Waals surface area contributed by atoms with Crippen LogP contribution in [0.4, 0.5) is 0 Å². The molecule has 0 aliphatic heterocycles. The molecule has 0 aliphatic rings. The average Bonchev–Trinajstić information content (AvgIpc) is 3.20. The molecule has 0 saturated heterocycles. The number of carbonyl (C=O) groups is 1. The van der Waals surface area contributed by atoms with Crippen molar-refractivity contribution < 1.29 is 23.4 Å². The van der Waals surface area contributed by atoms with Crippen LogP contribution in [-0.4, -0.2) is 43.1 Å². The number of aromatic nitrogens is 2. The standard InChI is InChI=1S/C19H18N2O5S/c1-23-15-8-6-13(7-9-15)18-20-21-19(26-18)27-11-10-25-17-14(12-22)4-3-5-16(17)24-2/h3-9,12H,10-11H2,1-2H3. The molecule has 140 valence electrons. The van der Waals surface area contributed by atoms with E-state index in [2.05, 4.69) is 10.2 Å². The highest BCUT2D eigenvalue weighted by Crippen LogP contribution is 2.30. The second-order valence-electron chi connectivity index (χ2n) is 5.30. The Morgan fingerprint density at radius 3 is 2.59 bits per heavy atom. The molecule has 0 bridgehead atoms. The van der Waals surface area contributed by atoms with Gasteiger partial charge in [0, 0.05) is 11.3 Å². The molecule has 3 rings (SSSR count). The molecule has 0 aliphatic carbocycles. The fourth-order valence-corrected chi connectivity index (χ4v) is 2.91. The Labute approximate surface area is 160 Å². The molecule has 2 aromatic carbocycles. The lowest BCUT2D eigenvalue weighted by atomic mass is 10.2. The zero-order chi connectivity index (χ0) is 19.1. The highest BCUT2D eigenvalue weighted by Gasteiger charge is 2.12. The molecule has 1 aromatic heterocycles. The molecule has 27 heavy (non-hydrogen) atoms. The first-order valence-electron chi connectivity index (χ1n) is 8.11. The van der Waals surface area contributed by atoms with Gasteiger partial charge in [-0.2, -0.15) is 0 Å². The fraction of sp³-hybridized carbons (Fsp3) is 0.211. The van der Waals surface area contributed by atoms with E-state index in [1.165, 1.54) is 18.9 Å². The maximum absolute atomic E-state index is 11.1. The summed E-state index contributed by atoms with van der Waals surface area (Å²) in [5, 5.41) is 8.52. The third-order valence-electron chi connectivity index (χ3n) is 3.65. The molecule has 7 nitrogen and oxygen atoms in total. The zero-order valence-electron chi connectivity index (χ0n) is 14.9. The lowest BCUT2D eigenvalue weighted by Gasteiger charge is -2.11. The summed E-state index contributed by atoms with van der Waals surface area (Å²) in [5.41, 5.74) is 1.26. The highest BCUT2D eigenvalue weighted by molar-refractivity contribution is 7.99. The molecule has 0 atom stereocenters. The smallest absolute Gasteiger partial charge is 0.276 e. The van der Waals surface area contributed by atoms with Crippen molar-refractivity contribution in [3.8, 4) is 28.7 Å². The minimum Gasteiger partial charge on any atom is -0.497 e. The summed E-state index contributed by atoms with van der Waals surface area (Å²) in [6.45, 7) is 0.353. The molecule has 3 aromatic rings. The summed E-state index contributed by atoms with van der Waals surface area (Å²) in [6, 6.07) is 12.5. The SMILES string of the molecule is COc1ccc(-c2nnc(SCCOc3c(C=O)cccc3OC)o2)cc1. The maximum Gasteiger partial charge on any atom is 0.276 e. The number of aldehydes is 1. The lowest BCUT2D eigenvalue weighted by molar-refractivity contribution is 0.111. The van der Waals surface area contributed by atoms with E-state index in [0.717, 1.165) is 17.6 Å². The lowest BCUT2D eigenvalue weighted by Crippen LogP contribution is -2.04. The molecule has 0 spiro atoms. The van der Waals surface area contributed by atoms with E-state index in [4.69, 9.17) is 18.6 Å². The van der Waals surface area contributed by atoms with E-state index in [0.29, 0.717) is 40.5 Å². The van der Waals surface area contributed by atoms with Gasteiger partial charge >= 0.3 is 0 Å². The van der Waals surface area contributed by atoms with Gasteiger partial charge < -0.3 is 18.6 Å². The van der Waals surface area contributed by atoms with Gasteiger partial charge in [0.05, 0.1) is 26.4 Å². The van der Waals surface area contributed by atoms with Crippen LogP contribution in [0.1, 0.15) is 10.4 Å². The van der Waals surface area contributed by atoms with Crippen LogP contribution < -0.4 is 14.2 Å². The first-order valence-corrected chi connectivity index (χ1v) is 9.09. The van der Waals surface area contributed by atoms with Gasteiger partial charge in [0.1, 0.15) is 5.75 Å². The summed E-state index contributed by atoms with van der Waals surface area (Å²) in [6.07, 6.45) is 0.740. The van der Waals surface area contributed by atoms with Crippen LogP contribution in [0, 0.1) is 0 Å². The van der Waals surface area contributed by atoms with Crippen molar-refractivity contribution in [3.05, 3.63) is 48.0 Å². The summed E-state index contributed by atoms with van der Waals surface area (Å²) in [7, 11) is 3.15.